The maximum atomic E-state index is 11.8. The van der Waals surface area contributed by atoms with Crippen molar-refractivity contribution in [1.29, 1.82) is 0 Å². The molecule has 0 radical (unpaired) electrons. The van der Waals surface area contributed by atoms with Gasteiger partial charge < -0.3 is 14.6 Å². The maximum Gasteiger partial charge on any atom is 0.251 e. The number of amides is 1. The van der Waals surface area contributed by atoms with Gasteiger partial charge in [-0.15, -0.1) is 0 Å². The minimum Gasteiger partial charge on any atom is -0.380 e. The summed E-state index contributed by atoms with van der Waals surface area (Å²) in [6.45, 7) is 4.17. The molecular weight excluding hydrogens is 318 g/mol. The molecule has 3 heterocycles. The van der Waals surface area contributed by atoms with E-state index in [1.165, 1.54) is 5.69 Å². The van der Waals surface area contributed by atoms with Gasteiger partial charge in [0.05, 0.1) is 25.2 Å². The van der Waals surface area contributed by atoms with Crippen molar-refractivity contribution in [2.75, 3.05) is 33.4 Å². The molecule has 1 aliphatic heterocycles. The molecule has 25 heavy (non-hydrogen) atoms. The topological polar surface area (TPSA) is 72.3 Å². The third-order valence-electron chi connectivity index (χ3n) is 4.53. The second-order valence-electron chi connectivity index (χ2n) is 6.49. The Bertz CT molecular complexity index is 715. The van der Waals surface area contributed by atoms with E-state index in [4.69, 9.17) is 4.74 Å². The molecule has 7 heteroatoms. The van der Waals surface area contributed by atoms with Crippen molar-refractivity contribution in [3.05, 3.63) is 47.8 Å². The van der Waals surface area contributed by atoms with Crippen LogP contribution in [0.3, 0.4) is 0 Å². The average Bonchev–Trinajstić information content (AvgIpc) is 2.89. The van der Waals surface area contributed by atoms with Crippen LogP contribution in [0.4, 0.5) is 0 Å². The highest BCUT2D eigenvalue weighted by Gasteiger charge is 2.21. The van der Waals surface area contributed by atoms with E-state index in [1.54, 1.807) is 19.3 Å². The lowest BCUT2D eigenvalue weighted by molar-refractivity contribution is 0.0962. The molecule has 0 bridgehead atoms. The average molecular weight is 343 g/mol. The van der Waals surface area contributed by atoms with E-state index in [1.807, 2.05) is 25.6 Å². The molecule has 2 aromatic rings. The molecule has 1 amide bonds. The van der Waals surface area contributed by atoms with E-state index in [0.29, 0.717) is 18.1 Å². The van der Waals surface area contributed by atoms with Crippen molar-refractivity contribution in [2.24, 2.45) is 13.0 Å². The normalized spacial score (nSPS) is 18.7. The summed E-state index contributed by atoms with van der Waals surface area (Å²) in [5, 5.41) is 2.65. The van der Waals surface area contributed by atoms with E-state index in [2.05, 4.69) is 24.8 Å². The first-order chi connectivity index (χ1) is 12.2. The molecule has 7 nitrogen and oxygen atoms in total. The zero-order chi connectivity index (χ0) is 17.6. The molecule has 134 valence electrons. The fourth-order valence-electron chi connectivity index (χ4n) is 3.16. The Kier molecular flexibility index (Phi) is 5.78. The number of rotatable bonds is 5. The number of aryl methyl sites for hydroxylation is 1. The van der Waals surface area contributed by atoms with Crippen molar-refractivity contribution >= 4 is 5.91 Å². The van der Waals surface area contributed by atoms with Gasteiger partial charge in [-0.1, -0.05) is 0 Å². The van der Waals surface area contributed by atoms with Crippen LogP contribution in [0.2, 0.25) is 0 Å². The van der Waals surface area contributed by atoms with E-state index < -0.39 is 0 Å². The predicted octanol–water partition coefficient (Wildman–Crippen LogP) is 0.866. The maximum absolute atomic E-state index is 11.8. The summed E-state index contributed by atoms with van der Waals surface area (Å²) in [5.41, 5.74) is 2.77. The minimum atomic E-state index is -0.0846. The zero-order valence-corrected chi connectivity index (χ0v) is 14.8. The Morgan fingerprint density at radius 2 is 2.36 bits per heavy atom. The molecule has 1 fully saturated rings. The Balaban J connectivity index is 1.65. The van der Waals surface area contributed by atoms with E-state index >= 15 is 0 Å². The van der Waals surface area contributed by atoms with Crippen LogP contribution in [0.15, 0.2) is 30.9 Å². The lowest BCUT2D eigenvalue weighted by Crippen LogP contribution is -2.31. The molecular formula is C18H25N5O2. The molecule has 1 aliphatic rings. The summed E-state index contributed by atoms with van der Waals surface area (Å²) in [6, 6.07) is 3.61. The van der Waals surface area contributed by atoms with Crippen molar-refractivity contribution in [2.45, 2.75) is 13.0 Å². The fourth-order valence-corrected chi connectivity index (χ4v) is 3.16. The van der Waals surface area contributed by atoms with E-state index in [-0.39, 0.29) is 5.91 Å². The fraction of sp³-hybridized carbons (Fsp3) is 0.500. The van der Waals surface area contributed by atoms with Crippen LogP contribution >= 0.6 is 0 Å². The highest BCUT2D eigenvalue weighted by Crippen LogP contribution is 2.15. The van der Waals surface area contributed by atoms with Crippen molar-refractivity contribution in [1.82, 2.24) is 24.8 Å². The number of carbonyl (C=O) groups excluding carboxylic acids is 1. The number of nitrogens with one attached hydrogen (secondary N) is 1. The number of hydrogen-bond acceptors (Lipinski definition) is 5. The number of imidazole rings is 1. The molecule has 1 N–H and O–H groups in total. The van der Waals surface area contributed by atoms with Crippen molar-refractivity contribution in [3.63, 3.8) is 0 Å². The van der Waals surface area contributed by atoms with Gasteiger partial charge in [-0.05, 0) is 18.6 Å². The molecule has 1 saturated heterocycles. The van der Waals surface area contributed by atoms with Crippen molar-refractivity contribution < 1.29 is 9.53 Å². The van der Waals surface area contributed by atoms with Crippen LogP contribution in [-0.2, 0) is 24.8 Å². The Morgan fingerprint density at radius 1 is 1.48 bits per heavy atom. The van der Waals surface area contributed by atoms with E-state index in [0.717, 1.165) is 38.4 Å². The molecule has 0 saturated carbocycles. The highest BCUT2D eigenvalue weighted by atomic mass is 16.5. The van der Waals surface area contributed by atoms with Crippen LogP contribution in [0.1, 0.15) is 21.7 Å². The van der Waals surface area contributed by atoms with Crippen LogP contribution < -0.4 is 5.32 Å². The second-order valence-corrected chi connectivity index (χ2v) is 6.49. The van der Waals surface area contributed by atoms with Crippen LogP contribution in [0, 0.1) is 5.92 Å². The smallest absolute Gasteiger partial charge is 0.251 e. The molecule has 1 atom stereocenters. The number of nitrogens with zero attached hydrogens (tertiary/aromatic N) is 4. The molecule has 3 rings (SSSR count). The molecule has 0 aliphatic carbocycles. The summed E-state index contributed by atoms with van der Waals surface area (Å²) in [5.74, 6) is 0.266. The molecule has 0 spiro atoms. The van der Waals surface area contributed by atoms with Gasteiger partial charge >= 0.3 is 0 Å². The number of ether oxygens (including phenoxy) is 1. The first-order valence-electron chi connectivity index (χ1n) is 8.58. The van der Waals surface area contributed by atoms with Gasteiger partial charge in [0.15, 0.2) is 0 Å². The van der Waals surface area contributed by atoms with Crippen molar-refractivity contribution in [3.8, 4) is 0 Å². The van der Waals surface area contributed by atoms with Gasteiger partial charge in [0.25, 0.3) is 5.91 Å². The van der Waals surface area contributed by atoms with Crippen LogP contribution in [0.5, 0.6) is 0 Å². The lowest BCUT2D eigenvalue weighted by Gasteiger charge is -2.23. The highest BCUT2D eigenvalue weighted by molar-refractivity contribution is 5.93. The van der Waals surface area contributed by atoms with E-state index in [9.17, 15) is 4.79 Å². The van der Waals surface area contributed by atoms with Gasteiger partial charge in [-0.2, -0.15) is 0 Å². The monoisotopic (exact) mass is 343 g/mol. The van der Waals surface area contributed by atoms with Crippen LogP contribution in [0.25, 0.3) is 0 Å². The summed E-state index contributed by atoms with van der Waals surface area (Å²) in [4.78, 5) is 22.8. The molecule has 1 unspecified atom stereocenters. The zero-order valence-electron chi connectivity index (χ0n) is 14.8. The number of pyridine rings is 1. The summed E-state index contributed by atoms with van der Waals surface area (Å²) < 4.78 is 7.84. The van der Waals surface area contributed by atoms with Crippen LogP contribution in [-0.4, -0.2) is 58.7 Å². The minimum absolute atomic E-state index is 0.0846. The third kappa shape index (κ3) is 4.64. The first-order valence-corrected chi connectivity index (χ1v) is 8.58. The largest absolute Gasteiger partial charge is 0.380 e. The van der Waals surface area contributed by atoms with Gasteiger partial charge in [0, 0.05) is 63.3 Å². The summed E-state index contributed by atoms with van der Waals surface area (Å²) in [6.07, 6.45) is 6.24. The predicted molar refractivity (Wildman–Crippen MR) is 94.1 cm³/mol. The molecule has 2 aromatic heterocycles. The van der Waals surface area contributed by atoms with Gasteiger partial charge in [-0.25, -0.2) is 4.98 Å². The second kappa shape index (κ2) is 8.22. The lowest BCUT2D eigenvalue weighted by atomic mass is 10.0. The quantitative estimate of drug-likeness (QED) is 0.872. The Labute approximate surface area is 148 Å². The third-order valence-corrected chi connectivity index (χ3v) is 4.53. The Morgan fingerprint density at radius 3 is 3.12 bits per heavy atom. The molecule has 0 aromatic carbocycles. The number of aromatic nitrogens is 3. The van der Waals surface area contributed by atoms with Gasteiger partial charge in [-0.3, -0.25) is 14.7 Å². The Hall–Kier alpha value is -2.25. The number of carbonyl (C=O) groups is 1. The van der Waals surface area contributed by atoms with Gasteiger partial charge in [0.1, 0.15) is 0 Å². The SMILES string of the molecule is CNC(=O)c1ccnc(CC2COCCN(Cc3cncn3C)C2)c1. The number of hydrogen-bond donors (Lipinski definition) is 1. The van der Waals surface area contributed by atoms with Gasteiger partial charge in [0.2, 0.25) is 0 Å². The summed E-state index contributed by atoms with van der Waals surface area (Å²) >= 11 is 0. The standard InChI is InChI=1S/C18H25N5O2/c1-19-18(24)15-3-4-21-16(8-15)7-14-10-23(5-6-25-12-14)11-17-9-20-13-22(17)2/h3-4,8-9,13-14H,5-7,10-12H2,1-2H3,(H,19,24). The summed E-state index contributed by atoms with van der Waals surface area (Å²) in [7, 11) is 3.65. The first kappa shape index (κ1) is 17.6.